The fourth-order valence-electron chi connectivity index (χ4n) is 3.49. The third-order valence-corrected chi connectivity index (χ3v) is 5.70. The summed E-state index contributed by atoms with van der Waals surface area (Å²) < 4.78 is 6.74. The first-order chi connectivity index (χ1) is 15.5. The van der Waals surface area contributed by atoms with E-state index in [1.807, 2.05) is 85.8 Å². The number of amides is 2. The number of likely N-dealkylation sites (N-methyl/N-ethyl adjacent to an activating group) is 1. The predicted octanol–water partition coefficient (Wildman–Crippen LogP) is 4.52. The minimum Gasteiger partial charge on any atom is -0.484 e. The molecular weight excluding hydrogens is 468 g/mol. The molecule has 6 heteroatoms. The second-order valence-electron chi connectivity index (χ2n) is 7.53. The van der Waals surface area contributed by atoms with Crippen molar-refractivity contribution in [1.82, 2.24) is 10.2 Å². The van der Waals surface area contributed by atoms with Crippen molar-refractivity contribution in [3.05, 3.63) is 100 Å². The van der Waals surface area contributed by atoms with E-state index in [1.54, 1.807) is 11.9 Å². The highest BCUT2D eigenvalue weighted by Crippen LogP contribution is 2.20. The van der Waals surface area contributed by atoms with Gasteiger partial charge in [0.25, 0.3) is 5.91 Å². The van der Waals surface area contributed by atoms with Gasteiger partial charge >= 0.3 is 0 Å². The summed E-state index contributed by atoms with van der Waals surface area (Å²) in [6, 6.07) is 24.3. The molecule has 0 unspecified atom stereocenters. The van der Waals surface area contributed by atoms with Crippen molar-refractivity contribution in [3.63, 3.8) is 0 Å². The molecule has 0 radical (unpaired) electrons. The molecular formula is C26H27BrN2O3. The minimum absolute atomic E-state index is 0.152. The average molecular weight is 495 g/mol. The van der Waals surface area contributed by atoms with E-state index in [0.717, 1.165) is 21.2 Å². The van der Waals surface area contributed by atoms with Crippen LogP contribution in [0.5, 0.6) is 5.75 Å². The number of nitrogens with one attached hydrogen (secondary N) is 1. The van der Waals surface area contributed by atoms with Crippen LogP contribution in [0.2, 0.25) is 0 Å². The van der Waals surface area contributed by atoms with Crippen LogP contribution in [0, 0.1) is 6.92 Å². The number of carbonyl (C=O) groups is 2. The van der Waals surface area contributed by atoms with Crippen LogP contribution in [0.1, 0.15) is 16.7 Å². The molecule has 0 aliphatic heterocycles. The number of benzene rings is 3. The van der Waals surface area contributed by atoms with Gasteiger partial charge in [-0.25, -0.2) is 0 Å². The number of ether oxygens (including phenoxy) is 1. The molecule has 3 rings (SSSR count). The Bertz CT molecular complexity index is 1060. The van der Waals surface area contributed by atoms with Gasteiger partial charge in [0.1, 0.15) is 11.8 Å². The summed E-state index contributed by atoms with van der Waals surface area (Å²) in [5, 5.41) is 2.72. The minimum atomic E-state index is -0.672. The van der Waals surface area contributed by atoms with Crippen molar-refractivity contribution in [2.45, 2.75) is 25.9 Å². The topological polar surface area (TPSA) is 58.6 Å². The Hall–Kier alpha value is -3.12. The summed E-state index contributed by atoms with van der Waals surface area (Å²) in [6.45, 7) is 2.07. The summed E-state index contributed by atoms with van der Waals surface area (Å²) >= 11 is 3.48. The Morgan fingerprint density at radius 2 is 1.66 bits per heavy atom. The van der Waals surface area contributed by atoms with Gasteiger partial charge in [0.05, 0.1) is 0 Å². The van der Waals surface area contributed by atoms with Gasteiger partial charge in [-0.15, -0.1) is 0 Å². The molecule has 0 bridgehead atoms. The van der Waals surface area contributed by atoms with Crippen molar-refractivity contribution in [2.24, 2.45) is 0 Å². The highest BCUT2D eigenvalue weighted by molar-refractivity contribution is 9.10. The van der Waals surface area contributed by atoms with Crippen LogP contribution in [0.25, 0.3) is 0 Å². The van der Waals surface area contributed by atoms with E-state index in [9.17, 15) is 9.59 Å². The van der Waals surface area contributed by atoms with Crippen LogP contribution in [0.4, 0.5) is 0 Å². The number of nitrogens with zero attached hydrogens (tertiary/aromatic N) is 1. The van der Waals surface area contributed by atoms with Gasteiger partial charge in [0.15, 0.2) is 6.61 Å². The lowest BCUT2D eigenvalue weighted by Gasteiger charge is -2.31. The zero-order valence-corrected chi connectivity index (χ0v) is 19.8. The molecule has 2 amide bonds. The molecule has 0 aliphatic carbocycles. The first-order valence-electron chi connectivity index (χ1n) is 10.5. The van der Waals surface area contributed by atoms with Gasteiger partial charge in [-0.05, 0) is 41.8 Å². The molecule has 166 valence electrons. The molecule has 3 aromatic rings. The molecule has 0 saturated carbocycles. The summed E-state index contributed by atoms with van der Waals surface area (Å²) in [7, 11) is 1.59. The van der Waals surface area contributed by atoms with Crippen molar-refractivity contribution in [3.8, 4) is 5.75 Å². The van der Waals surface area contributed by atoms with E-state index in [0.29, 0.717) is 18.7 Å². The van der Waals surface area contributed by atoms with E-state index in [2.05, 4.69) is 21.2 Å². The summed E-state index contributed by atoms with van der Waals surface area (Å²) in [5.74, 6) is 0.189. The summed E-state index contributed by atoms with van der Waals surface area (Å²) in [4.78, 5) is 27.9. The van der Waals surface area contributed by atoms with Gasteiger partial charge < -0.3 is 15.0 Å². The Morgan fingerprint density at radius 3 is 2.34 bits per heavy atom. The standard InChI is InChI=1S/C26H27BrN2O3/c1-19-9-6-7-14-24(19)32-18-25(30)29(17-21-12-8-13-22(27)15-21)23(26(31)28-2)16-20-10-4-3-5-11-20/h3-15,23H,16-18H2,1-2H3,(H,28,31)/t23-/m1/s1. The van der Waals surface area contributed by atoms with Crippen LogP contribution in [0.15, 0.2) is 83.3 Å². The Balaban J connectivity index is 1.88. The lowest BCUT2D eigenvalue weighted by atomic mass is 10.0. The molecule has 0 fully saturated rings. The summed E-state index contributed by atoms with van der Waals surface area (Å²) in [5.41, 5.74) is 2.85. The molecule has 0 saturated heterocycles. The molecule has 0 aliphatic rings. The number of hydrogen-bond donors (Lipinski definition) is 1. The Labute approximate surface area is 197 Å². The third kappa shape index (κ3) is 6.44. The van der Waals surface area contributed by atoms with Gasteiger partial charge in [0, 0.05) is 24.5 Å². The van der Waals surface area contributed by atoms with E-state index >= 15 is 0 Å². The van der Waals surface area contributed by atoms with E-state index < -0.39 is 6.04 Å². The Kier molecular flexibility index (Phi) is 8.45. The van der Waals surface area contributed by atoms with Gasteiger partial charge in [-0.2, -0.15) is 0 Å². The normalized spacial score (nSPS) is 11.5. The van der Waals surface area contributed by atoms with E-state index in [4.69, 9.17) is 4.74 Å². The number of halogens is 1. The van der Waals surface area contributed by atoms with Crippen LogP contribution in [0.3, 0.4) is 0 Å². The highest BCUT2D eigenvalue weighted by Gasteiger charge is 2.30. The molecule has 0 aromatic heterocycles. The second-order valence-corrected chi connectivity index (χ2v) is 8.44. The molecule has 1 N–H and O–H groups in total. The van der Waals surface area contributed by atoms with Gasteiger partial charge in [-0.1, -0.05) is 76.6 Å². The first kappa shape index (κ1) is 23.5. The number of rotatable bonds is 9. The fraction of sp³-hybridized carbons (Fsp3) is 0.231. The maximum absolute atomic E-state index is 13.4. The molecule has 0 heterocycles. The molecule has 1 atom stereocenters. The maximum atomic E-state index is 13.4. The molecule has 32 heavy (non-hydrogen) atoms. The van der Waals surface area contributed by atoms with E-state index in [-0.39, 0.29) is 18.4 Å². The smallest absolute Gasteiger partial charge is 0.261 e. The lowest BCUT2D eigenvalue weighted by molar-refractivity contribution is -0.142. The number of hydrogen-bond acceptors (Lipinski definition) is 3. The monoisotopic (exact) mass is 494 g/mol. The van der Waals surface area contributed by atoms with Crippen LogP contribution < -0.4 is 10.1 Å². The highest BCUT2D eigenvalue weighted by atomic mass is 79.9. The van der Waals surface area contributed by atoms with Crippen LogP contribution >= 0.6 is 15.9 Å². The second kappa shape index (κ2) is 11.5. The third-order valence-electron chi connectivity index (χ3n) is 5.20. The fourth-order valence-corrected chi connectivity index (χ4v) is 3.94. The van der Waals surface area contributed by atoms with Crippen LogP contribution in [-0.4, -0.2) is 36.4 Å². The van der Waals surface area contributed by atoms with Gasteiger partial charge in [0.2, 0.25) is 5.91 Å². The number of carbonyl (C=O) groups excluding carboxylic acids is 2. The van der Waals surface area contributed by atoms with E-state index in [1.165, 1.54) is 0 Å². The average Bonchev–Trinajstić information content (AvgIpc) is 2.81. The number of para-hydroxylation sites is 1. The van der Waals surface area contributed by atoms with Crippen molar-refractivity contribution in [2.75, 3.05) is 13.7 Å². The van der Waals surface area contributed by atoms with Crippen molar-refractivity contribution >= 4 is 27.7 Å². The first-order valence-corrected chi connectivity index (χ1v) is 11.2. The predicted molar refractivity (Wildman–Crippen MR) is 129 cm³/mol. The van der Waals surface area contributed by atoms with Crippen LogP contribution in [-0.2, 0) is 22.6 Å². The van der Waals surface area contributed by atoms with Gasteiger partial charge in [-0.3, -0.25) is 9.59 Å². The maximum Gasteiger partial charge on any atom is 0.261 e. The quantitative estimate of drug-likeness (QED) is 0.475. The lowest BCUT2D eigenvalue weighted by Crippen LogP contribution is -2.51. The van der Waals surface area contributed by atoms with Crippen molar-refractivity contribution < 1.29 is 14.3 Å². The zero-order valence-electron chi connectivity index (χ0n) is 18.3. The molecule has 0 spiro atoms. The molecule has 3 aromatic carbocycles. The largest absolute Gasteiger partial charge is 0.484 e. The zero-order chi connectivity index (χ0) is 22.9. The SMILES string of the molecule is CNC(=O)[C@@H](Cc1ccccc1)N(Cc1cccc(Br)c1)C(=O)COc1ccccc1C. The number of aryl methyl sites for hydroxylation is 1. The van der Waals surface area contributed by atoms with Crippen molar-refractivity contribution in [1.29, 1.82) is 0 Å². The Morgan fingerprint density at radius 1 is 0.969 bits per heavy atom. The molecule has 5 nitrogen and oxygen atoms in total. The summed E-state index contributed by atoms with van der Waals surface area (Å²) in [6.07, 6.45) is 0.407.